The van der Waals surface area contributed by atoms with Crippen LogP contribution in [0.25, 0.3) is 0 Å². The van der Waals surface area contributed by atoms with Gasteiger partial charge in [0.15, 0.2) is 0 Å². The van der Waals surface area contributed by atoms with Crippen molar-refractivity contribution >= 4 is 16.1 Å². The van der Waals surface area contributed by atoms with E-state index in [4.69, 9.17) is 4.74 Å². The normalized spacial score (nSPS) is 29.4. The minimum Gasteiger partial charge on any atom is -0.453 e. The van der Waals surface area contributed by atoms with Crippen molar-refractivity contribution in [2.75, 3.05) is 20.2 Å². The first-order valence-electron chi connectivity index (χ1n) is 11.9. The number of benzene rings is 1. The molecule has 2 fully saturated rings. The predicted octanol–water partition coefficient (Wildman–Crippen LogP) is 4.50. The van der Waals surface area contributed by atoms with Crippen molar-refractivity contribution in [2.24, 2.45) is 23.7 Å². The van der Waals surface area contributed by atoms with Crippen LogP contribution in [-0.2, 0) is 14.8 Å². The molecular formula is C25H36N2O4S. The molecule has 1 aliphatic heterocycles. The van der Waals surface area contributed by atoms with Crippen LogP contribution in [0.2, 0.25) is 0 Å². The number of aryl methyl sites for hydroxylation is 1. The van der Waals surface area contributed by atoms with Crippen molar-refractivity contribution in [1.82, 2.24) is 9.62 Å². The van der Waals surface area contributed by atoms with Gasteiger partial charge in [0.25, 0.3) is 0 Å². The van der Waals surface area contributed by atoms with Crippen LogP contribution in [0.15, 0.2) is 40.8 Å². The number of ether oxygens (including phenoxy) is 1. The van der Waals surface area contributed by atoms with Crippen molar-refractivity contribution in [3.8, 4) is 0 Å². The Bertz CT molecular complexity index is 957. The number of fused-ring (bicyclic) bond motifs is 1. The molecule has 6 nitrogen and oxygen atoms in total. The van der Waals surface area contributed by atoms with Gasteiger partial charge < -0.3 is 9.64 Å². The number of nitrogens with one attached hydrogen (secondary N) is 1. The zero-order valence-corrected chi connectivity index (χ0v) is 20.2. The number of hydrogen-bond acceptors (Lipinski definition) is 4. The first-order chi connectivity index (χ1) is 15.3. The molecule has 1 aromatic carbocycles. The van der Waals surface area contributed by atoms with E-state index in [1.165, 1.54) is 25.5 Å². The lowest BCUT2D eigenvalue weighted by Gasteiger charge is -2.53. The van der Waals surface area contributed by atoms with Gasteiger partial charge in [-0.05, 0) is 81.3 Å². The van der Waals surface area contributed by atoms with Crippen molar-refractivity contribution in [1.29, 1.82) is 0 Å². The molecule has 4 rings (SSSR count). The molecular weight excluding hydrogens is 424 g/mol. The fraction of sp³-hybridized carbons (Fsp3) is 0.640. The van der Waals surface area contributed by atoms with Gasteiger partial charge in [0, 0.05) is 19.1 Å². The smallest absolute Gasteiger partial charge is 0.409 e. The summed E-state index contributed by atoms with van der Waals surface area (Å²) in [7, 11) is -1.98. The Hall–Kier alpha value is -1.86. The summed E-state index contributed by atoms with van der Waals surface area (Å²) in [5.74, 6) is 2.11. The van der Waals surface area contributed by atoms with E-state index >= 15 is 0 Å². The summed E-state index contributed by atoms with van der Waals surface area (Å²) in [6.45, 7) is 5.42. The van der Waals surface area contributed by atoms with E-state index in [1.807, 2.05) is 24.0 Å². The van der Waals surface area contributed by atoms with Gasteiger partial charge in [0.2, 0.25) is 10.0 Å². The summed E-state index contributed by atoms with van der Waals surface area (Å²) in [6.07, 6.45) is 8.46. The molecule has 32 heavy (non-hydrogen) atoms. The molecule has 1 N–H and O–H groups in total. The fourth-order valence-electron chi connectivity index (χ4n) is 6.02. The van der Waals surface area contributed by atoms with E-state index in [9.17, 15) is 13.2 Å². The highest BCUT2D eigenvalue weighted by molar-refractivity contribution is 7.89. The van der Waals surface area contributed by atoms with Crippen LogP contribution in [0, 0.1) is 30.6 Å². The van der Waals surface area contributed by atoms with E-state index in [-0.39, 0.29) is 6.09 Å². The van der Waals surface area contributed by atoms with Crippen LogP contribution in [0.5, 0.6) is 0 Å². The Morgan fingerprint density at radius 1 is 1.16 bits per heavy atom. The number of allylic oxidation sites excluding steroid dienone is 1. The van der Waals surface area contributed by atoms with Crippen LogP contribution in [0.3, 0.4) is 0 Å². The molecule has 5 atom stereocenters. The third kappa shape index (κ3) is 4.88. The number of nitrogens with zero attached hydrogens (tertiary/aromatic N) is 1. The number of methoxy groups -OCH3 is 1. The second-order valence-corrected chi connectivity index (χ2v) is 11.7. The molecule has 1 heterocycles. The van der Waals surface area contributed by atoms with Crippen LogP contribution in [0.4, 0.5) is 4.79 Å². The van der Waals surface area contributed by atoms with Gasteiger partial charge in [0.1, 0.15) is 0 Å². The Morgan fingerprint density at radius 3 is 2.62 bits per heavy atom. The minimum absolute atomic E-state index is 0.190. The minimum atomic E-state index is -3.46. The number of piperidine rings is 1. The second kappa shape index (κ2) is 9.56. The topological polar surface area (TPSA) is 75.7 Å². The highest BCUT2D eigenvalue weighted by atomic mass is 32.2. The van der Waals surface area contributed by atoms with Crippen LogP contribution in [-0.4, -0.2) is 45.7 Å². The SMILES string of the molecule is COC(=O)N1C[C@H]2C[C@@H]3[C@H](C=C2CCCCNS(=O)(=O)c2ccc(C)cc2)C[C@@H](C)C[C@@H]31. The number of amides is 1. The third-order valence-electron chi connectivity index (χ3n) is 7.61. The van der Waals surface area contributed by atoms with Crippen molar-refractivity contribution < 1.29 is 17.9 Å². The maximum absolute atomic E-state index is 12.5. The van der Waals surface area contributed by atoms with Gasteiger partial charge in [-0.2, -0.15) is 0 Å². The number of carbonyl (C=O) groups is 1. The van der Waals surface area contributed by atoms with Gasteiger partial charge in [-0.15, -0.1) is 0 Å². The van der Waals surface area contributed by atoms with Gasteiger partial charge in [-0.25, -0.2) is 17.9 Å². The highest BCUT2D eigenvalue weighted by Gasteiger charge is 2.48. The molecule has 0 aromatic heterocycles. The van der Waals surface area contributed by atoms with Crippen molar-refractivity contribution in [2.45, 2.75) is 63.3 Å². The summed E-state index contributed by atoms with van der Waals surface area (Å²) < 4.78 is 32.8. The second-order valence-electron chi connectivity index (χ2n) is 9.94. The molecule has 2 aliphatic carbocycles. The molecule has 1 saturated heterocycles. The maximum atomic E-state index is 12.5. The quantitative estimate of drug-likeness (QED) is 0.480. The molecule has 2 bridgehead atoms. The summed E-state index contributed by atoms with van der Waals surface area (Å²) in [6, 6.07) is 7.23. The van der Waals surface area contributed by atoms with Crippen molar-refractivity contribution in [3.05, 3.63) is 41.5 Å². The number of hydrogen-bond donors (Lipinski definition) is 1. The summed E-state index contributed by atoms with van der Waals surface area (Å²) in [5, 5.41) is 0. The molecule has 1 amide bonds. The zero-order chi connectivity index (χ0) is 22.9. The van der Waals surface area contributed by atoms with E-state index in [0.29, 0.717) is 41.2 Å². The number of carbonyl (C=O) groups excluding carboxylic acids is 1. The first-order valence-corrected chi connectivity index (χ1v) is 13.4. The summed E-state index contributed by atoms with van der Waals surface area (Å²) in [4.78, 5) is 14.8. The predicted molar refractivity (Wildman–Crippen MR) is 125 cm³/mol. The monoisotopic (exact) mass is 460 g/mol. The van der Waals surface area contributed by atoms with Gasteiger partial charge in [-0.3, -0.25) is 0 Å². The molecule has 3 aliphatic rings. The fourth-order valence-corrected chi connectivity index (χ4v) is 7.10. The van der Waals surface area contributed by atoms with Gasteiger partial charge in [-0.1, -0.05) is 36.3 Å². The average Bonchev–Trinajstić information content (AvgIpc) is 2.77. The standard InChI is InChI=1S/C25H36N2O4S/c1-17-7-9-22(10-8-17)32(29,30)26-11-5-4-6-19-14-20-12-18(2)13-24-23(20)15-21(19)16-27(24)25(28)31-3/h7-10,14,18,20-21,23-24,26H,4-6,11-13,15-16H2,1-3H3/t18-,20+,21-,23-,24+/m1/s1. The maximum Gasteiger partial charge on any atom is 0.409 e. The average molecular weight is 461 g/mol. The number of sulfonamides is 1. The number of rotatable bonds is 7. The van der Waals surface area contributed by atoms with Crippen LogP contribution in [0.1, 0.15) is 51.0 Å². The first kappa shape index (κ1) is 23.3. The van der Waals surface area contributed by atoms with Gasteiger partial charge in [0.05, 0.1) is 12.0 Å². The molecule has 0 unspecified atom stereocenters. The Labute approximate surface area is 192 Å². The van der Waals surface area contributed by atoms with Crippen LogP contribution < -0.4 is 4.72 Å². The zero-order valence-electron chi connectivity index (χ0n) is 19.4. The Balaban J connectivity index is 1.33. The molecule has 1 saturated carbocycles. The number of unbranched alkanes of at least 4 members (excludes halogenated alkanes) is 1. The largest absolute Gasteiger partial charge is 0.453 e. The van der Waals surface area contributed by atoms with E-state index < -0.39 is 10.0 Å². The van der Waals surface area contributed by atoms with E-state index in [0.717, 1.165) is 37.8 Å². The van der Waals surface area contributed by atoms with Crippen LogP contribution >= 0.6 is 0 Å². The lowest BCUT2D eigenvalue weighted by molar-refractivity contribution is -0.00417. The highest BCUT2D eigenvalue weighted by Crippen LogP contribution is 2.49. The number of likely N-dealkylation sites (tertiary alicyclic amines) is 1. The molecule has 0 radical (unpaired) electrons. The molecule has 176 valence electrons. The molecule has 7 heteroatoms. The van der Waals surface area contributed by atoms with E-state index in [1.54, 1.807) is 12.1 Å². The van der Waals surface area contributed by atoms with Crippen molar-refractivity contribution in [3.63, 3.8) is 0 Å². The Morgan fingerprint density at radius 2 is 1.91 bits per heavy atom. The molecule has 1 aromatic rings. The molecule has 0 spiro atoms. The van der Waals surface area contributed by atoms with E-state index in [2.05, 4.69) is 17.7 Å². The lowest BCUT2D eigenvalue weighted by Crippen LogP contribution is -2.57. The lowest BCUT2D eigenvalue weighted by atomic mass is 9.61. The summed E-state index contributed by atoms with van der Waals surface area (Å²) >= 11 is 0. The van der Waals surface area contributed by atoms with Gasteiger partial charge >= 0.3 is 6.09 Å². The summed E-state index contributed by atoms with van der Waals surface area (Å²) in [5.41, 5.74) is 2.49. The Kier molecular flexibility index (Phi) is 6.96. The third-order valence-corrected chi connectivity index (χ3v) is 9.09.